The molecule has 1 saturated heterocycles. The Labute approximate surface area is 117 Å². The number of nitrogens with zero attached hydrogens (tertiary/aromatic N) is 1. The van der Waals surface area contributed by atoms with E-state index in [-0.39, 0.29) is 5.56 Å². The number of aryl methyl sites for hydroxylation is 1. The second-order valence-corrected chi connectivity index (χ2v) is 7.08. The zero-order valence-electron chi connectivity index (χ0n) is 11.2. The maximum Gasteiger partial charge on any atom is 0.251 e. The van der Waals surface area contributed by atoms with E-state index >= 15 is 0 Å². The van der Waals surface area contributed by atoms with Gasteiger partial charge in [0.2, 0.25) is 10.0 Å². The predicted octanol–water partition coefficient (Wildman–Crippen LogP) is 1.62. The topological polar surface area (TPSA) is 70.2 Å². The van der Waals surface area contributed by atoms with E-state index in [2.05, 4.69) is 4.98 Å². The Morgan fingerprint density at radius 2 is 1.85 bits per heavy atom. The Bertz CT molecular complexity index is 818. The van der Waals surface area contributed by atoms with Gasteiger partial charge >= 0.3 is 0 Å². The standard InChI is InChI=1S/C14H16N2O3S/c1-10-8-11-9-12(4-5-13(11)15-14(10)17)20(18,19)16-6-2-3-7-16/h4-5,8-9H,2-3,6-7H2,1H3,(H,15,17). The van der Waals surface area contributed by atoms with E-state index in [0.29, 0.717) is 29.1 Å². The third-order valence-electron chi connectivity index (χ3n) is 3.70. The first kappa shape index (κ1) is 13.3. The molecule has 5 nitrogen and oxygen atoms in total. The molecule has 2 heterocycles. The number of benzene rings is 1. The molecule has 0 amide bonds. The number of hydrogen-bond acceptors (Lipinski definition) is 3. The van der Waals surface area contributed by atoms with E-state index < -0.39 is 10.0 Å². The summed E-state index contributed by atoms with van der Waals surface area (Å²) in [6.07, 6.45) is 1.83. The number of H-pyrrole nitrogens is 1. The van der Waals surface area contributed by atoms with E-state index in [4.69, 9.17) is 0 Å². The minimum Gasteiger partial charge on any atom is -0.322 e. The Hall–Kier alpha value is -1.66. The number of aromatic amines is 1. The van der Waals surface area contributed by atoms with Gasteiger partial charge in [0.15, 0.2) is 0 Å². The summed E-state index contributed by atoms with van der Waals surface area (Å²) in [6, 6.07) is 6.56. The van der Waals surface area contributed by atoms with Crippen molar-refractivity contribution in [1.82, 2.24) is 9.29 Å². The van der Waals surface area contributed by atoms with E-state index in [1.165, 1.54) is 4.31 Å². The molecule has 0 saturated carbocycles. The van der Waals surface area contributed by atoms with Crippen molar-refractivity contribution in [3.05, 3.63) is 40.2 Å². The number of nitrogens with one attached hydrogen (secondary N) is 1. The van der Waals surface area contributed by atoms with E-state index in [1.807, 2.05) is 0 Å². The zero-order valence-corrected chi connectivity index (χ0v) is 12.0. The maximum absolute atomic E-state index is 12.5. The van der Waals surface area contributed by atoms with Crippen molar-refractivity contribution in [3.8, 4) is 0 Å². The molecule has 1 N–H and O–H groups in total. The number of pyridine rings is 1. The van der Waals surface area contributed by atoms with Crippen molar-refractivity contribution < 1.29 is 8.42 Å². The molecule has 1 aliphatic heterocycles. The molecule has 0 atom stereocenters. The molecular weight excluding hydrogens is 276 g/mol. The van der Waals surface area contributed by atoms with Gasteiger partial charge in [0.25, 0.3) is 5.56 Å². The quantitative estimate of drug-likeness (QED) is 0.914. The van der Waals surface area contributed by atoms with Gasteiger partial charge in [-0.3, -0.25) is 4.79 Å². The predicted molar refractivity (Wildman–Crippen MR) is 77.3 cm³/mol. The molecule has 6 heteroatoms. The fourth-order valence-electron chi connectivity index (χ4n) is 2.53. The molecule has 106 valence electrons. The Kier molecular flexibility index (Phi) is 3.14. The van der Waals surface area contributed by atoms with Gasteiger partial charge in [0.05, 0.1) is 4.90 Å². The van der Waals surface area contributed by atoms with Crippen LogP contribution in [0.1, 0.15) is 18.4 Å². The average Bonchev–Trinajstić information content (AvgIpc) is 2.94. The zero-order chi connectivity index (χ0) is 14.3. The normalized spacial score (nSPS) is 16.9. The van der Waals surface area contributed by atoms with Gasteiger partial charge in [-0.25, -0.2) is 8.42 Å². The lowest BCUT2D eigenvalue weighted by molar-refractivity contribution is 0.477. The van der Waals surface area contributed by atoms with Crippen LogP contribution >= 0.6 is 0 Å². The van der Waals surface area contributed by atoms with Crippen molar-refractivity contribution in [3.63, 3.8) is 0 Å². The Morgan fingerprint density at radius 1 is 1.15 bits per heavy atom. The largest absolute Gasteiger partial charge is 0.322 e. The average molecular weight is 292 g/mol. The van der Waals surface area contributed by atoms with Gasteiger partial charge in [-0.05, 0) is 49.4 Å². The van der Waals surface area contributed by atoms with Crippen LogP contribution in [0.4, 0.5) is 0 Å². The van der Waals surface area contributed by atoms with Crippen molar-refractivity contribution in [2.24, 2.45) is 0 Å². The minimum absolute atomic E-state index is 0.146. The lowest BCUT2D eigenvalue weighted by atomic mass is 10.2. The Balaban J connectivity index is 2.13. The summed E-state index contributed by atoms with van der Waals surface area (Å²) in [7, 11) is -3.41. The highest BCUT2D eigenvalue weighted by molar-refractivity contribution is 7.89. The number of sulfonamides is 1. The molecule has 1 aromatic heterocycles. The van der Waals surface area contributed by atoms with Gasteiger partial charge < -0.3 is 4.98 Å². The fourth-order valence-corrected chi connectivity index (χ4v) is 4.08. The van der Waals surface area contributed by atoms with Gasteiger partial charge in [-0.15, -0.1) is 0 Å². The molecule has 0 unspecified atom stereocenters. The van der Waals surface area contributed by atoms with Crippen LogP contribution in [0.5, 0.6) is 0 Å². The summed E-state index contributed by atoms with van der Waals surface area (Å²) in [4.78, 5) is 14.6. The van der Waals surface area contributed by atoms with Crippen molar-refractivity contribution in [1.29, 1.82) is 0 Å². The number of rotatable bonds is 2. The van der Waals surface area contributed by atoms with Crippen LogP contribution in [0, 0.1) is 6.92 Å². The molecule has 0 spiro atoms. The highest BCUT2D eigenvalue weighted by Gasteiger charge is 2.27. The van der Waals surface area contributed by atoms with Crippen LogP contribution in [0.3, 0.4) is 0 Å². The summed E-state index contributed by atoms with van der Waals surface area (Å²) in [6.45, 7) is 2.88. The molecule has 1 aliphatic rings. The van der Waals surface area contributed by atoms with Crippen LogP contribution in [0.15, 0.2) is 34.0 Å². The first-order chi connectivity index (χ1) is 9.48. The summed E-state index contributed by atoms with van der Waals surface area (Å²) in [5.41, 5.74) is 1.09. The monoisotopic (exact) mass is 292 g/mol. The second kappa shape index (κ2) is 4.71. The molecule has 1 aromatic carbocycles. The lowest BCUT2D eigenvalue weighted by Gasteiger charge is -2.15. The van der Waals surface area contributed by atoms with Crippen molar-refractivity contribution >= 4 is 20.9 Å². The summed E-state index contributed by atoms with van der Waals surface area (Å²) >= 11 is 0. The minimum atomic E-state index is -3.41. The van der Waals surface area contributed by atoms with Gasteiger partial charge in [0.1, 0.15) is 0 Å². The molecular formula is C14H16N2O3S. The molecule has 1 fully saturated rings. The SMILES string of the molecule is Cc1cc2cc(S(=O)(=O)N3CCCC3)ccc2[nH]c1=O. The smallest absolute Gasteiger partial charge is 0.251 e. The van der Waals surface area contributed by atoms with Crippen molar-refractivity contribution in [2.45, 2.75) is 24.7 Å². The molecule has 20 heavy (non-hydrogen) atoms. The van der Waals surface area contributed by atoms with Gasteiger partial charge in [-0.1, -0.05) is 0 Å². The van der Waals surface area contributed by atoms with Crippen LogP contribution in [0.25, 0.3) is 10.9 Å². The number of fused-ring (bicyclic) bond motifs is 1. The Morgan fingerprint density at radius 3 is 2.55 bits per heavy atom. The van der Waals surface area contributed by atoms with Gasteiger partial charge in [-0.2, -0.15) is 4.31 Å². The van der Waals surface area contributed by atoms with Crippen LogP contribution < -0.4 is 5.56 Å². The molecule has 3 rings (SSSR count). The third kappa shape index (κ3) is 2.14. The maximum atomic E-state index is 12.5. The van der Waals surface area contributed by atoms with E-state index in [1.54, 1.807) is 31.2 Å². The highest BCUT2D eigenvalue weighted by Crippen LogP contribution is 2.23. The van der Waals surface area contributed by atoms with E-state index in [9.17, 15) is 13.2 Å². The fraction of sp³-hybridized carbons (Fsp3) is 0.357. The van der Waals surface area contributed by atoms with E-state index in [0.717, 1.165) is 18.2 Å². The summed E-state index contributed by atoms with van der Waals surface area (Å²) in [5.74, 6) is 0. The van der Waals surface area contributed by atoms with Crippen LogP contribution in [0.2, 0.25) is 0 Å². The lowest BCUT2D eigenvalue weighted by Crippen LogP contribution is -2.27. The summed E-state index contributed by atoms with van der Waals surface area (Å²) < 4.78 is 26.5. The third-order valence-corrected chi connectivity index (χ3v) is 5.60. The summed E-state index contributed by atoms with van der Waals surface area (Å²) in [5, 5.41) is 0.738. The van der Waals surface area contributed by atoms with Crippen LogP contribution in [-0.2, 0) is 10.0 Å². The molecule has 0 aliphatic carbocycles. The second-order valence-electron chi connectivity index (χ2n) is 5.14. The van der Waals surface area contributed by atoms with Crippen LogP contribution in [-0.4, -0.2) is 30.8 Å². The van der Waals surface area contributed by atoms with Gasteiger partial charge in [0, 0.05) is 24.2 Å². The number of hydrogen-bond donors (Lipinski definition) is 1. The first-order valence-corrected chi connectivity index (χ1v) is 8.06. The van der Waals surface area contributed by atoms with Crippen molar-refractivity contribution in [2.75, 3.05) is 13.1 Å². The molecule has 0 radical (unpaired) electrons. The molecule has 2 aromatic rings. The first-order valence-electron chi connectivity index (χ1n) is 6.62. The molecule has 0 bridgehead atoms. The highest BCUT2D eigenvalue weighted by atomic mass is 32.2. The number of aromatic nitrogens is 1.